The second-order valence-electron chi connectivity index (χ2n) is 4.57. The summed E-state index contributed by atoms with van der Waals surface area (Å²) in [6.07, 6.45) is 0. The van der Waals surface area contributed by atoms with E-state index in [-0.39, 0.29) is 0 Å². The molecule has 0 saturated heterocycles. The van der Waals surface area contributed by atoms with E-state index in [0.29, 0.717) is 11.8 Å². The summed E-state index contributed by atoms with van der Waals surface area (Å²) in [4.78, 5) is 0. The van der Waals surface area contributed by atoms with E-state index in [1.54, 1.807) is 0 Å². The number of hydrogen-bond donors (Lipinski definition) is 1. The lowest BCUT2D eigenvalue weighted by atomic mass is 10.1. The Balaban J connectivity index is 1.64. The first kappa shape index (κ1) is 13.7. The standard InChI is InChI=1S/C16H15N3OS/c17-16-19-18-15(11-21-16)13-6-8-14(9-7-13)20-10-12-4-2-1-3-5-12/h1-9H,10-11H2,(H2,17,19). The van der Waals surface area contributed by atoms with Crippen LogP contribution in [0.3, 0.4) is 0 Å². The predicted molar refractivity (Wildman–Crippen MR) is 87.8 cm³/mol. The molecule has 3 rings (SSSR count). The lowest BCUT2D eigenvalue weighted by Gasteiger charge is -2.10. The van der Waals surface area contributed by atoms with E-state index in [1.165, 1.54) is 11.8 Å². The molecule has 0 aromatic heterocycles. The Morgan fingerprint density at radius 1 is 1.00 bits per heavy atom. The zero-order chi connectivity index (χ0) is 14.5. The topological polar surface area (TPSA) is 60.0 Å². The van der Waals surface area contributed by atoms with Gasteiger partial charge in [-0.15, -0.1) is 5.10 Å². The third-order valence-corrected chi connectivity index (χ3v) is 3.86. The molecule has 2 N–H and O–H groups in total. The maximum absolute atomic E-state index is 5.76. The largest absolute Gasteiger partial charge is 0.489 e. The highest BCUT2D eigenvalue weighted by atomic mass is 32.2. The molecular weight excluding hydrogens is 282 g/mol. The minimum atomic E-state index is 0.515. The van der Waals surface area contributed by atoms with Crippen LogP contribution >= 0.6 is 11.8 Å². The molecule has 0 aliphatic carbocycles. The molecule has 1 aliphatic heterocycles. The van der Waals surface area contributed by atoms with Crippen molar-refractivity contribution >= 4 is 22.6 Å². The first-order valence-electron chi connectivity index (χ1n) is 6.61. The van der Waals surface area contributed by atoms with Gasteiger partial charge in [0.15, 0.2) is 5.17 Å². The first-order chi connectivity index (χ1) is 10.3. The monoisotopic (exact) mass is 297 g/mol. The Kier molecular flexibility index (Phi) is 4.21. The summed E-state index contributed by atoms with van der Waals surface area (Å²) in [5.74, 6) is 1.59. The number of thioether (sulfide) groups is 1. The molecule has 4 nitrogen and oxygen atoms in total. The van der Waals surface area contributed by atoms with Crippen LogP contribution in [0, 0.1) is 0 Å². The number of nitrogens with zero attached hydrogens (tertiary/aromatic N) is 2. The maximum Gasteiger partial charge on any atom is 0.180 e. The van der Waals surface area contributed by atoms with Gasteiger partial charge in [-0.3, -0.25) is 0 Å². The van der Waals surface area contributed by atoms with E-state index in [9.17, 15) is 0 Å². The van der Waals surface area contributed by atoms with E-state index in [2.05, 4.69) is 10.2 Å². The first-order valence-corrected chi connectivity index (χ1v) is 7.60. The fourth-order valence-corrected chi connectivity index (χ4v) is 2.54. The third kappa shape index (κ3) is 3.64. The van der Waals surface area contributed by atoms with Gasteiger partial charge in [0.05, 0.1) is 5.71 Å². The van der Waals surface area contributed by atoms with Gasteiger partial charge in [0.25, 0.3) is 0 Å². The Morgan fingerprint density at radius 2 is 1.76 bits per heavy atom. The smallest absolute Gasteiger partial charge is 0.180 e. The summed E-state index contributed by atoms with van der Waals surface area (Å²) in [5, 5.41) is 8.54. The molecule has 2 aromatic carbocycles. The zero-order valence-electron chi connectivity index (χ0n) is 11.4. The summed E-state index contributed by atoms with van der Waals surface area (Å²) in [6, 6.07) is 18.0. The van der Waals surface area contributed by atoms with Crippen molar-refractivity contribution in [3.05, 3.63) is 65.7 Å². The average Bonchev–Trinajstić information content (AvgIpc) is 2.55. The van der Waals surface area contributed by atoms with Crippen LogP contribution in [0.25, 0.3) is 0 Å². The molecule has 0 spiro atoms. The number of amidine groups is 1. The van der Waals surface area contributed by atoms with Gasteiger partial charge in [0.2, 0.25) is 0 Å². The number of benzene rings is 2. The van der Waals surface area contributed by atoms with Crippen molar-refractivity contribution in [2.45, 2.75) is 6.61 Å². The second kappa shape index (κ2) is 6.45. The van der Waals surface area contributed by atoms with Crippen molar-refractivity contribution in [2.75, 3.05) is 5.75 Å². The van der Waals surface area contributed by atoms with Crippen molar-refractivity contribution in [3.63, 3.8) is 0 Å². The normalized spacial score (nSPS) is 14.3. The van der Waals surface area contributed by atoms with E-state index in [1.807, 2.05) is 54.6 Å². The van der Waals surface area contributed by atoms with Crippen molar-refractivity contribution in [2.24, 2.45) is 15.9 Å². The van der Waals surface area contributed by atoms with Gasteiger partial charge in [0.1, 0.15) is 12.4 Å². The highest BCUT2D eigenvalue weighted by molar-refractivity contribution is 8.14. The zero-order valence-corrected chi connectivity index (χ0v) is 12.2. The maximum atomic E-state index is 5.76. The summed E-state index contributed by atoms with van der Waals surface area (Å²) in [5.41, 5.74) is 8.71. The van der Waals surface area contributed by atoms with E-state index >= 15 is 0 Å². The SMILES string of the molecule is NC1=NN=C(c2ccc(OCc3ccccc3)cc2)CS1. The Hall–Kier alpha value is -2.27. The van der Waals surface area contributed by atoms with Crippen LogP contribution in [-0.2, 0) is 6.61 Å². The molecule has 0 unspecified atom stereocenters. The summed E-state index contributed by atoms with van der Waals surface area (Å²) in [6.45, 7) is 0.567. The molecule has 21 heavy (non-hydrogen) atoms. The molecule has 0 radical (unpaired) electrons. The van der Waals surface area contributed by atoms with E-state index in [4.69, 9.17) is 10.5 Å². The lowest BCUT2D eigenvalue weighted by Crippen LogP contribution is -2.16. The molecule has 0 fully saturated rings. The number of ether oxygens (including phenoxy) is 1. The van der Waals surface area contributed by atoms with Crippen molar-refractivity contribution in [3.8, 4) is 5.75 Å². The van der Waals surface area contributed by atoms with E-state index in [0.717, 1.165) is 28.3 Å². The Morgan fingerprint density at radius 3 is 2.43 bits per heavy atom. The third-order valence-electron chi connectivity index (χ3n) is 3.06. The number of rotatable bonds is 4. The van der Waals surface area contributed by atoms with Crippen LogP contribution in [0.15, 0.2) is 64.8 Å². The van der Waals surface area contributed by atoms with Crippen molar-refractivity contribution in [1.82, 2.24) is 0 Å². The second-order valence-corrected chi connectivity index (χ2v) is 5.57. The van der Waals surface area contributed by atoms with Gasteiger partial charge in [-0.1, -0.05) is 42.1 Å². The van der Waals surface area contributed by atoms with Crippen LogP contribution in [0.4, 0.5) is 0 Å². The average molecular weight is 297 g/mol. The fourth-order valence-electron chi connectivity index (χ4n) is 1.94. The van der Waals surface area contributed by atoms with Gasteiger partial charge >= 0.3 is 0 Å². The molecule has 1 heterocycles. The predicted octanol–water partition coefficient (Wildman–Crippen LogP) is 3.03. The summed E-state index contributed by atoms with van der Waals surface area (Å²) in [7, 11) is 0. The van der Waals surface area contributed by atoms with Crippen LogP contribution < -0.4 is 10.5 Å². The molecule has 2 aromatic rings. The van der Waals surface area contributed by atoms with Gasteiger partial charge in [-0.25, -0.2) is 0 Å². The van der Waals surface area contributed by atoms with Crippen LogP contribution in [0.2, 0.25) is 0 Å². The molecule has 0 bridgehead atoms. The molecule has 0 atom stereocenters. The number of hydrogen-bond acceptors (Lipinski definition) is 5. The van der Waals surface area contributed by atoms with Crippen LogP contribution in [-0.4, -0.2) is 16.6 Å². The van der Waals surface area contributed by atoms with Crippen LogP contribution in [0.1, 0.15) is 11.1 Å². The fraction of sp³-hybridized carbons (Fsp3) is 0.125. The Bertz CT molecular complexity index is 666. The Labute approximate surface area is 127 Å². The molecule has 0 amide bonds. The summed E-state index contributed by atoms with van der Waals surface area (Å²) < 4.78 is 5.76. The molecule has 106 valence electrons. The van der Waals surface area contributed by atoms with Gasteiger partial charge in [0, 0.05) is 5.75 Å². The minimum absolute atomic E-state index is 0.515. The van der Waals surface area contributed by atoms with Gasteiger partial charge < -0.3 is 10.5 Å². The molecule has 5 heteroatoms. The quantitative estimate of drug-likeness (QED) is 0.943. The van der Waals surface area contributed by atoms with Gasteiger partial charge in [-0.2, -0.15) is 5.10 Å². The van der Waals surface area contributed by atoms with E-state index < -0.39 is 0 Å². The van der Waals surface area contributed by atoms with Crippen molar-refractivity contribution < 1.29 is 4.74 Å². The van der Waals surface area contributed by atoms with Crippen LogP contribution in [0.5, 0.6) is 5.75 Å². The lowest BCUT2D eigenvalue weighted by molar-refractivity contribution is 0.306. The minimum Gasteiger partial charge on any atom is -0.489 e. The molecular formula is C16H15N3OS. The van der Waals surface area contributed by atoms with Gasteiger partial charge in [-0.05, 0) is 35.4 Å². The number of nitrogens with two attached hydrogens (primary N) is 1. The highest BCUT2D eigenvalue weighted by Crippen LogP contribution is 2.18. The molecule has 1 aliphatic rings. The van der Waals surface area contributed by atoms with Crippen molar-refractivity contribution in [1.29, 1.82) is 0 Å². The summed E-state index contributed by atoms with van der Waals surface area (Å²) >= 11 is 1.50. The molecule has 0 saturated carbocycles. The highest BCUT2D eigenvalue weighted by Gasteiger charge is 2.10.